The van der Waals surface area contributed by atoms with Gasteiger partial charge < -0.3 is 5.11 Å². The van der Waals surface area contributed by atoms with Crippen molar-refractivity contribution < 1.29 is 5.11 Å². The number of benzene rings is 1. The van der Waals surface area contributed by atoms with Crippen LogP contribution in [-0.2, 0) is 6.54 Å². The molecule has 1 aromatic heterocycles. The summed E-state index contributed by atoms with van der Waals surface area (Å²) in [6.45, 7) is 4.69. The molecular formula is C17H20IN3O. The van der Waals surface area contributed by atoms with Gasteiger partial charge in [-0.3, -0.25) is 0 Å². The van der Waals surface area contributed by atoms with Gasteiger partial charge >= 0.3 is 0 Å². The van der Waals surface area contributed by atoms with Crippen molar-refractivity contribution >= 4 is 28.7 Å². The lowest BCUT2D eigenvalue weighted by atomic mass is 9.76. The topological polar surface area (TPSA) is 50.9 Å². The number of aliphatic hydroxyl groups is 1. The van der Waals surface area contributed by atoms with E-state index in [1.165, 1.54) is 9.90 Å². The molecule has 0 spiro atoms. The first-order valence-electron chi connectivity index (χ1n) is 7.42. The van der Waals surface area contributed by atoms with Crippen LogP contribution in [0, 0.1) is 8.99 Å². The van der Waals surface area contributed by atoms with Crippen LogP contribution in [0.5, 0.6) is 0 Å². The van der Waals surface area contributed by atoms with E-state index >= 15 is 0 Å². The van der Waals surface area contributed by atoms with E-state index in [1.54, 1.807) is 11.0 Å². The molecular weight excluding hydrogens is 389 g/mol. The smallest absolute Gasteiger partial charge is 0.137 e. The van der Waals surface area contributed by atoms with E-state index in [-0.39, 0.29) is 5.41 Å². The molecule has 1 saturated carbocycles. The number of rotatable bonds is 3. The Balaban J connectivity index is 1.97. The molecule has 0 saturated heterocycles. The Labute approximate surface area is 144 Å². The Morgan fingerprint density at radius 1 is 1.32 bits per heavy atom. The van der Waals surface area contributed by atoms with E-state index in [4.69, 9.17) is 0 Å². The van der Waals surface area contributed by atoms with Crippen molar-refractivity contribution in [1.29, 1.82) is 0 Å². The second-order valence-electron chi connectivity index (χ2n) is 6.56. The molecule has 1 N–H and O–H groups in total. The summed E-state index contributed by atoms with van der Waals surface area (Å²) in [5, 5.41) is 15.6. The maximum Gasteiger partial charge on any atom is 0.137 e. The van der Waals surface area contributed by atoms with E-state index in [0.29, 0.717) is 6.54 Å². The van der Waals surface area contributed by atoms with Gasteiger partial charge in [0, 0.05) is 3.57 Å². The van der Waals surface area contributed by atoms with Crippen molar-refractivity contribution in [3.63, 3.8) is 0 Å². The maximum atomic E-state index is 11.4. The summed E-state index contributed by atoms with van der Waals surface area (Å²) in [5.41, 5.74) is 1.12. The zero-order valence-electron chi connectivity index (χ0n) is 12.8. The zero-order valence-corrected chi connectivity index (χ0v) is 15.0. The molecule has 0 amide bonds. The molecule has 5 heteroatoms. The van der Waals surface area contributed by atoms with Crippen LogP contribution >= 0.6 is 22.6 Å². The fourth-order valence-corrected chi connectivity index (χ4v) is 3.47. The van der Waals surface area contributed by atoms with Crippen molar-refractivity contribution in [3.8, 4) is 0 Å². The second kappa shape index (κ2) is 5.77. The first-order valence-corrected chi connectivity index (χ1v) is 8.50. The van der Waals surface area contributed by atoms with Gasteiger partial charge in [-0.1, -0.05) is 32.1 Å². The minimum absolute atomic E-state index is 0.187. The van der Waals surface area contributed by atoms with Gasteiger partial charge in [0.15, 0.2) is 0 Å². The summed E-state index contributed by atoms with van der Waals surface area (Å²) in [5.74, 6) is 0. The minimum atomic E-state index is -0.899. The fourth-order valence-electron chi connectivity index (χ4n) is 3.11. The lowest BCUT2D eigenvalue weighted by Gasteiger charge is -2.37. The molecule has 3 rings (SSSR count). The Bertz CT molecular complexity index is 676. The molecule has 1 unspecified atom stereocenters. The Hall–Kier alpha value is -1.21. The molecule has 1 fully saturated rings. The van der Waals surface area contributed by atoms with Crippen molar-refractivity contribution in [2.24, 2.45) is 5.41 Å². The monoisotopic (exact) mass is 409 g/mol. The average molecular weight is 409 g/mol. The van der Waals surface area contributed by atoms with E-state index < -0.39 is 5.60 Å². The van der Waals surface area contributed by atoms with Crippen LogP contribution < -0.4 is 0 Å². The van der Waals surface area contributed by atoms with Gasteiger partial charge in [0.2, 0.25) is 0 Å². The van der Waals surface area contributed by atoms with Crippen LogP contribution in [-0.4, -0.2) is 25.5 Å². The summed E-state index contributed by atoms with van der Waals surface area (Å²) >= 11 is 2.30. The molecule has 116 valence electrons. The van der Waals surface area contributed by atoms with Gasteiger partial charge in [-0.05, 0) is 64.1 Å². The van der Waals surface area contributed by atoms with E-state index in [2.05, 4.69) is 76.9 Å². The van der Waals surface area contributed by atoms with Gasteiger partial charge in [-0.25, -0.2) is 9.67 Å². The van der Waals surface area contributed by atoms with Crippen LogP contribution in [0.3, 0.4) is 0 Å². The van der Waals surface area contributed by atoms with Crippen LogP contribution in [0.25, 0.3) is 6.08 Å². The quantitative estimate of drug-likeness (QED) is 0.790. The van der Waals surface area contributed by atoms with Gasteiger partial charge in [0.25, 0.3) is 0 Å². The van der Waals surface area contributed by atoms with Crippen LogP contribution in [0.1, 0.15) is 32.3 Å². The predicted molar refractivity (Wildman–Crippen MR) is 95.1 cm³/mol. The summed E-state index contributed by atoms with van der Waals surface area (Å²) in [7, 11) is 0. The third-order valence-electron chi connectivity index (χ3n) is 4.74. The zero-order chi connectivity index (χ0) is 15.8. The van der Waals surface area contributed by atoms with Crippen LogP contribution in [0.2, 0.25) is 0 Å². The SMILES string of the molecule is CC1(C)CCC(=Cc2ccc(I)cc2)C1(O)Cn1cncn1. The van der Waals surface area contributed by atoms with Crippen molar-refractivity contribution in [1.82, 2.24) is 14.8 Å². The summed E-state index contributed by atoms with van der Waals surface area (Å²) in [6, 6.07) is 8.36. The highest BCUT2D eigenvalue weighted by Crippen LogP contribution is 2.50. The second-order valence-corrected chi connectivity index (χ2v) is 7.80. The Morgan fingerprint density at radius 3 is 2.68 bits per heavy atom. The molecule has 1 aliphatic rings. The van der Waals surface area contributed by atoms with E-state index in [1.807, 2.05) is 0 Å². The van der Waals surface area contributed by atoms with E-state index in [0.717, 1.165) is 24.0 Å². The summed E-state index contributed by atoms with van der Waals surface area (Å²) in [6.07, 6.45) is 7.17. The van der Waals surface area contributed by atoms with Gasteiger partial charge in [0.05, 0.1) is 6.54 Å². The van der Waals surface area contributed by atoms with Gasteiger partial charge in [-0.15, -0.1) is 0 Å². The number of aromatic nitrogens is 3. The molecule has 1 atom stereocenters. The largest absolute Gasteiger partial charge is 0.383 e. The molecule has 22 heavy (non-hydrogen) atoms. The van der Waals surface area contributed by atoms with Crippen molar-refractivity contribution in [2.75, 3.05) is 0 Å². The Kier molecular flexibility index (Phi) is 4.11. The van der Waals surface area contributed by atoms with Gasteiger partial charge in [0.1, 0.15) is 18.3 Å². The third-order valence-corrected chi connectivity index (χ3v) is 5.46. The first-order chi connectivity index (χ1) is 10.4. The predicted octanol–water partition coefficient (Wildman–Crippen LogP) is 3.52. The highest BCUT2D eigenvalue weighted by Gasteiger charge is 2.51. The van der Waals surface area contributed by atoms with E-state index in [9.17, 15) is 5.11 Å². The molecule has 0 aliphatic heterocycles. The molecule has 1 aliphatic carbocycles. The maximum absolute atomic E-state index is 11.4. The van der Waals surface area contributed by atoms with Crippen molar-refractivity contribution in [2.45, 2.75) is 38.8 Å². The highest BCUT2D eigenvalue weighted by molar-refractivity contribution is 14.1. The number of hydrogen-bond donors (Lipinski definition) is 1. The van der Waals surface area contributed by atoms with Crippen molar-refractivity contribution in [3.05, 3.63) is 51.6 Å². The normalized spacial score (nSPS) is 25.7. The number of halogens is 1. The lowest BCUT2D eigenvalue weighted by Crippen LogP contribution is -2.45. The standard InChI is InChI=1S/C17H20IN3O/c1-16(2)8-7-14(9-13-3-5-15(18)6-4-13)17(16,22)10-21-12-19-11-20-21/h3-6,9,11-12,22H,7-8,10H2,1-2H3. The first kappa shape index (κ1) is 15.7. The fraction of sp³-hybridized carbons (Fsp3) is 0.412. The average Bonchev–Trinajstić information content (AvgIpc) is 3.04. The number of nitrogens with zero attached hydrogens (tertiary/aromatic N) is 3. The van der Waals surface area contributed by atoms with Gasteiger partial charge in [-0.2, -0.15) is 5.10 Å². The summed E-state index contributed by atoms with van der Waals surface area (Å²) < 4.78 is 2.93. The molecule has 1 heterocycles. The number of hydrogen-bond acceptors (Lipinski definition) is 3. The molecule has 1 aromatic carbocycles. The molecule has 2 aromatic rings. The summed E-state index contributed by atoms with van der Waals surface area (Å²) in [4.78, 5) is 3.98. The minimum Gasteiger partial charge on any atom is -0.383 e. The Morgan fingerprint density at radius 2 is 2.05 bits per heavy atom. The highest BCUT2D eigenvalue weighted by atomic mass is 127. The van der Waals surface area contributed by atoms with Crippen LogP contribution in [0.15, 0.2) is 42.5 Å². The third kappa shape index (κ3) is 2.84. The molecule has 4 nitrogen and oxygen atoms in total. The lowest BCUT2D eigenvalue weighted by molar-refractivity contribution is -0.0298. The molecule has 0 bridgehead atoms. The molecule has 0 radical (unpaired) electrons. The van der Waals surface area contributed by atoms with Crippen LogP contribution in [0.4, 0.5) is 0 Å².